The van der Waals surface area contributed by atoms with Gasteiger partial charge in [0.1, 0.15) is 0 Å². The number of nitrogens with zero attached hydrogens (tertiary/aromatic N) is 3. The van der Waals surface area contributed by atoms with Gasteiger partial charge in [0.2, 0.25) is 0 Å². The van der Waals surface area contributed by atoms with Crippen LogP contribution in [0.25, 0.3) is 10.8 Å². The van der Waals surface area contributed by atoms with Crippen molar-refractivity contribution >= 4 is 22.4 Å². The molecule has 0 radical (unpaired) electrons. The van der Waals surface area contributed by atoms with Crippen LogP contribution >= 0.6 is 0 Å². The summed E-state index contributed by atoms with van der Waals surface area (Å²) in [5.41, 5.74) is -1.55. The SMILES string of the molecule is CC(=O)c1c(=O)n(C2CC2)cc2c(N[C@H](C)c3cccc(C(F)(F)F)c3C)nn(C)c(=O)c12. The third-order valence-electron chi connectivity index (χ3n) is 6.04. The number of ketones is 1. The highest BCUT2D eigenvalue weighted by molar-refractivity contribution is 6.08. The third kappa shape index (κ3) is 3.94. The van der Waals surface area contributed by atoms with Crippen molar-refractivity contribution in [1.82, 2.24) is 14.3 Å². The molecule has 0 unspecified atom stereocenters. The average Bonchev–Trinajstić information content (AvgIpc) is 3.55. The van der Waals surface area contributed by atoms with Gasteiger partial charge in [-0.05, 0) is 50.8 Å². The molecular formula is C23H23F3N4O3. The third-order valence-corrected chi connectivity index (χ3v) is 6.04. The molecular weight excluding hydrogens is 437 g/mol. The number of carbonyl (C=O) groups excluding carboxylic acids is 1. The van der Waals surface area contributed by atoms with Gasteiger partial charge in [-0.1, -0.05) is 12.1 Å². The first-order valence-electron chi connectivity index (χ1n) is 10.5. The van der Waals surface area contributed by atoms with Crippen LogP contribution in [-0.2, 0) is 13.2 Å². The average molecular weight is 460 g/mol. The zero-order valence-corrected chi connectivity index (χ0v) is 18.6. The molecule has 1 saturated carbocycles. The minimum Gasteiger partial charge on any atom is -0.362 e. The quantitative estimate of drug-likeness (QED) is 0.579. The maximum absolute atomic E-state index is 13.4. The van der Waals surface area contributed by atoms with Gasteiger partial charge in [0.25, 0.3) is 11.1 Å². The van der Waals surface area contributed by atoms with E-state index >= 15 is 0 Å². The fourth-order valence-corrected chi connectivity index (χ4v) is 4.22. The van der Waals surface area contributed by atoms with Crippen LogP contribution in [0, 0.1) is 6.92 Å². The van der Waals surface area contributed by atoms with Gasteiger partial charge in [0.05, 0.1) is 22.6 Å². The van der Waals surface area contributed by atoms with Crippen LogP contribution < -0.4 is 16.4 Å². The maximum atomic E-state index is 13.4. The monoisotopic (exact) mass is 460 g/mol. The molecule has 0 bridgehead atoms. The van der Waals surface area contributed by atoms with E-state index in [0.29, 0.717) is 5.56 Å². The zero-order valence-electron chi connectivity index (χ0n) is 18.6. The minimum absolute atomic E-state index is 0.0441. The lowest BCUT2D eigenvalue weighted by Gasteiger charge is -2.21. The first-order valence-corrected chi connectivity index (χ1v) is 10.5. The van der Waals surface area contributed by atoms with Crippen molar-refractivity contribution in [3.63, 3.8) is 0 Å². The molecule has 7 nitrogen and oxygen atoms in total. The van der Waals surface area contributed by atoms with Crippen LogP contribution in [0.3, 0.4) is 0 Å². The number of rotatable bonds is 5. The van der Waals surface area contributed by atoms with Gasteiger partial charge in [-0.2, -0.15) is 18.3 Å². The summed E-state index contributed by atoms with van der Waals surface area (Å²) in [5, 5.41) is 7.60. The minimum atomic E-state index is -4.49. The Bertz CT molecular complexity index is 1400. The number of carbonyl (C=O) groups is 1. The van der Waals surface area contributed by atoms with Gasteiger partial charge < -0.3 is 9.88 Å². The summed E-state index contributed by atoms with van der Waals surface area (Å²) in [6, 6.07) is 3.29. The van der Waals surface area contributed by atoms with Gasteiger partial charge in [-0.15, -0.1) is 0 Å². The molecule has 3 aromatic rings. The number of alkyl halides is 3. The van der Waals surface area contributed by atoms with Crippen molar-refractivity contribution < 1.29 is 18.0 Å². The van der Waals surface area contributed by atoms with Gasteiger partial charge in [-0.25, -0.2) is 4.68 Å². The van der Waals surface area contributed by atoms with Gasteiger partial charge in [0, 0.05) is 24.7 Å². The molecule has 0 aliphatic heterocycles. The second-order valence-corrected chi connectivity index (χ2v) is 8.45. The number of pyridine rings is 1. The number of aromatic nitrogens is 3. The van der Waals surface area contributed by atoms with Crippen LogP contribution in [0.1, 0.15) is 65.8 Å². The summed E-state index contributed by atoms with van der Waals surface area (Å²) in [5.74, 6) is -0.329. The molecule has 1 aliphatic carbocycles. The summed E-state index contributed by atoms with van der Waals surface area (Å²) >= 11 is 0. The molecule has 174 valence electrons. The van der Waals surface area contributed by atoms with Crippen LogP contribution in [-0.4, -0.2) is 20.1 Å². The summed E-state index contributed by atoms with van der Waals surface area (Å²) in [4.78, 5) is 38.2. The molecule has 0 saturated heterocycles. The van der Waals surface area contributed by atoms with Crippen LogP contribution in [0.4, 0.5) is 19.0 Å². The Morgan fingerprint density at radius 1 is 1.21 bits per heavy atom. The lowest BCUT2D eigenvalue weighted by atomic mass is 9.97. The molecule has 4 rings (SSSR count). The Hall–Kier alpha value is -3.43. The van der Waals surface area contributed by atoms with Crippen molar-refractivity contribution in [3.8, 4) is 0 Å². The number of benzene rings is 1. The number of anilines is 1. The summed E-state index contributed by atoms with van der Waals surface area (Å²) in [6.45, 7) is 4.32. The first-order chi connectivity index (χ1) is 15.4. The molecule has 0 amide bonds. The van der Waals surface area contributed by atoms with E-state index in [9.17, 15) is 27.6 Å². The van der Waals surface area contributed by atoms with E-state index in [-0.39, 0.29) is 33.8 Å². The number of hydrogen-bond donors (Lipinski definition) is 1. The highest BCUT2D eigenvalue weighted by Gasteiger charge is 2.34. The molecule has 10 heteroatoms. The molecule has 33 heavy (non-hydrogen) atoms. The predicted molar refractivity (Wildman–Crippen MR) is 118 cm³/mol. The van der Waals surface area contributed by atoms with E-state index in [1.807, 2.05) is 0 Å². The standard InChI is InChI=1S/C23H23F3N4O3/c1-11-15(6-5-7-17(11)23(24,25)26)12(2)27-20-16-10-30(14-8-9-14)22(33)18(13(3)31)19(16)21(32)29(4)28-20/h5-7,10,12,14H,8-9H2,1-4H3,(H,27,28)/t12-/m1/s1. The Morgan fingerprint density at radius 2 is 1.88 bits per heavy atom. The van der Waals surface area contributed by atoms with Crippen LogP contribution in [0.2, 0.25) is 0 Å². The Kier molecular flexibility index (Phi) is 5.42. The first kappa shape index (κ1) is 22.8. The van der Waals surface area contributed by atoms with Gasteiger partial charge >= 0.3 is 6.18 Å². The Labute approximate surface area is 186 Å². The second kappa shape index (κ2) is 7.86. The van der Waals surface area contributed by atoms with E-state index in [0.717, 1.165) is 23.6 Å². The van der Waals surface area contributed by atoms with Crippen molar-refractivity contribution in [3.05, 3.63) is 67.4 Å². The van der Waals surface area contributed by atoms with Crippen molar-refractivity contribution in [2.75, 3.05) is 5.32 Å². The molecule has 0 spiro atoms. The number of nitrogens with one attached hydrogen (secondary N) is 1. The molecule has 2 aromatic heterocycles. The molecule has 1 atom stereocenters. The highest BCUT2D eigenvalue weighted by atomic mass is 19.4. The Morgan fingerprint density at radius 3 is 2.45 bits per heavy atom. The smallest absolute Gasteiger partial charge is 0.362 e. The fraction of sp³-hybridized carbons (Fsp3) is 0.391. The molecule has 1 fully saturated rings. The van der Waals surface area contributed by atoms with E-state index in [4.69, 9.17) is 0 Å². The number of aryl methyl sites for hydroxylation is 1. The predicted octanol–water partition coefficient (Wildman–Crippen LogP) is 4.13. The lowest BCUT2D eigenvalue weighted by molar-refractivity contribution is -0.138. The molecule has 1 aliphatic rings. The largest absolute Gasteiger partial charge is 0.416 e. The molecule has 1 N–H and O–H groups in total. The second-order valence-electron chi connectivity index (χ2n) is 8.45. The van der Waals surface area contributed by atoms with Crippen LogP contribution in [0.5, 0.6) is 0 Å². The van der Waals surface area contributed by atoms with Crippen molar-refractivity contribution in [1.29, 1.82) is 0 Å². The summed E-state index contributed by atoms with van der Waals surface area (Å²) < 4.78 is 42.6. The maximum Gasteiger partial charge on any atom is 0.416 e. The van der Waals surface area contributed by atoms with Crippen molar-refractivity contribution in [2.45, 2.75) is 51.9 Å². The summed E-state index contributed by atoms with van der Waals surface area (Å²) in [7, 11) is 1.39. The molecule has 1 aromatic carbocycles. The number of hydrogen-bond acceptors (Lipinski definition) is 5. The van der Waals surface area contributed by atoms with Crippen molar-refractivity contribution in [2.24, 2.45) is 7.05 Å². The van der Waals surface area contributed by atoms with E-state index in [1.165, 1.54) is 37.7 Å². The highest BCUT2D eigenvalue weighted by Crippen LogP contribution is 2.37. The summed E-state index contributed by atoms with van der Waals surface area (Å²) in [6.07, 6.45) is -1.41. The topological polar surface area (TPSA) is 86.0 Å². The Balaban J connectivity index is 1.91. The normalized spacial score (nSPS) is 15.0. The number of fused-ring (bicyclic) bond motifs is 1. The fourth-order valence-electron chi connectivity index (χ4n) is 4.22. The van der Waals surface area contributed by atoms with Gasteiger partial charge in [0.15, 0.2) is 11.6 Å². The van der Waals surface area contributed by atoms with E-state index < -0.39 is 34.7 Å². The van der Waals surface area contributed by atoms with E-state index in [2.05, 4.69) is 10.4 Å². The lowest BCUT2D eigenvalue weighted by Crippen LogP contribution is -2.31. The van der Waals surface area contributed by atoms with Crippen LogP contribution in [0.15, 0.2) is 34.0 Å². The molecule has 2 heterocycles. The van der Waals surface area contributed by atoms with Gasteiger partial charge in [-0.3, -0.25) is 14.4 Å². The van der Waals surface area contributed by atoms with E-state index in [1.54, 1.807) is 13.0 Å². The number of Topliss-reactive ketones (excluding diaryl/α,β-unsaturated/α-hetero) is 1. The zero-order chi connectivity index (χ0) is 24.2. The number of halogens is 3.